The van der Waals surface area contributed by atoms with Crippen molar-refractivity contribution in [1.82, 2.24) is 14.5 Å². The fourth-order valence-electron chi connectivity index (χ4n) is 4.44. The molecular formula is C27H35N3O4. The number of aromatic nitrogens is 2. The second-order valence-corrected chi connectivity index (χ2v) is 9.00. The van der Waals surface area contributed by atoms with Gasteiger partial charge in [-0.05, 0) is 62.6 Å². The first-order chi connectivity index (χ1) is 16.5. The topological polar surface area (TPSA) is 69.0 Å². The molecule has 2 heterocycles. The number of imidazole rings is 1. The van der Waals surface area contributed by atoms with E-state index < -0.39 is 5.60 Å². The molecule has 1 atom stereocenters. The van der Waals surface area contributed by atoms with Crippen molar-refractivity contribution in [3.63, 3.8) is 0 Å². The van der Waals surface area contributed by atoms with Crippen LogP contribution in [0.4, 0.5) is 0 Å². The Balaban J connectivity index is 1.29. The van der Waals surface area contributed by atoms with Gasteiger partial charge in [0.05, 0.1) is 13.7 Å². The van der Waals surface area contributed by atoms with Gasteiger partial charge in [-0.25, -0.2) is 4.98 Å². The van der Waals surface area contributed by atoms with Gasteiger partial charge in [-0.2, -0.15) is 0 Å². The minimum Gasteiger partial charge on any atom is -0.493 e. The summed E-state index contributed by atoms with van der Waals surface area (Å²) in [5.41, 5.74) is 0.279. The number of hydrogen-bond donors (Lipinski definition) is 1. The first kappa shape index (κ1) is 24.1. The van der Waals surface area contributed by atoms with Crippen LogP contribution in [0.5, 0.6) is 17.2 Å². The Morgan fingerprint density at radius 1 is 1.09 bits per heavy atom. The molecular weight excluding hydrogens is 430 g/mol. The van der Waals surface area contributed by atoms with E-state index in [4.69, 9.17) is 14.2 Å². The van der Waals surface area contributed by atoms with Crippen molar-refractivity contribution in [2.75, 3.05) is 33.4 Å². The number of β-amino-alcohol motifs (C(OH)–C–C–N with tert-alkyl or cyclic N) is 1. The molecule has 1 fully saturated rings. The number of benzene rings is 2. The highest BCUT2D eigenvalue weighted by Crippen LogP contribution is 2.30. The van der Waals surface area contributed by atoms with Crippen molar-refractivity contribution < 1.29 is 19.3 Å². The molecule has 34 heavy (non-hydrogen) atoms. The second kappa shape index (κ2) is 11.4. The largest absolute Gasteiger partial charge is 0.493 e. The molecule has 7 heteroatoms. The van der Waals surface area contributed by atoms with Gasteiger partial charge in [0.25, 0.3) is 0 Å². The zero-order valence-electron chi connectivity index (χ0n) is 20.2. The lowest BCUT2D eigenvalue weighted by molar-refractivity contribution is -0.0621. The summed E-state index contributed by atoms with van der Waals surface area (Å²) in [5.74, 6) is 3.28. The van der Waals surface area contributed by atoms with Gasteiger partial charge in [0.1, 0.15) is 23.8 Å². The van der Waals surface area contributed by atoms with Crippen LogP contribution in [0, 0.1) is 6.92 Å². The summed E-state index contributed by atoms with van der Waals surface area (Å²) in [6.45, 7) is 6.04. The van der Waals surface area contributed by atoms with Gasteiger partial charge < -0.3 is 23.9 Å². The number of aliphatic hydroxyl groups is 1. The van der Waals surface area contributed by atoms with Crippen LogP contribution in [0.25, 0.3) is 0 Å². The van der Waals surface area contributed by atoms with Gasteiger partial charge in [-0.3, -0.25) is 4.90 Å². The maximum atomic E-state index is 11.1. The predicted molar refractivity (Wildman–Crippen MR) is 131 cm³/mol. The lowest BCUT2D eigenvalue weighted by atomic mass is 9.93. The van der Waals surface area contributed by atoms with Crippen LogP contribution in [0.3, 0.4) is 0 Å². The molecule has 1 aliphatic rings. The third kappa shape index (κ3) is 6.52. The summed E-state index contributed by atoms with van der Waals surface area (Å²) < 4.78 is 19.6. The van der Waals surface area contributed by atoms with E-state index in [0.29, 0.717) is 19.8 Å². The highest BCUT2D eigenvalue weighted by atomic mass is 16.5. The van der Waals surface area contributed by atoms with Gasteiger partial charge in [-0.1, -0.05) is 24.3 Å². The van der Waals surface area contributed by atoms with E-state index in [1.807, 2.05) is 61.8 Å². The minimum atomic E-state index is -0.852. The number of nitrogens with zero attached hydrogens (tertiary/aromatic N) is 3. The zero-order valence-corrected chi connectivity index (χ0v) is 20.2. The first-order valence-electron chi connectivity index (χ1n) is 11.9. The highest BCUT2D eigenvalue weighted by Gasteiger charge is 2.34. The quantitative estimate of drug-likeness (QED) is 0.431. The number of likely N-dealkylation sites (tertiary alicyclic amines) is 1. The second-order valence-electron chi connectivity index (χ2n) is 9.00. The Morgan fingerprint density at radius 3 is 2.71 bits per heavy atom. The smallest absolute Gasteiger partial charge is 0.161 e. The lowest BCUT2D eigenvalue weighted by Crippen LogP contribution is -2.51. The molecule has 1 N–H and O–H groups in total. The molecule has 0 bridgehead atoms. The van der Waals surface area contributed by atoms with Crippen molar-refractivity contribution in [2.45, 2.75) is 44.9 Å². The Morgan fingerprint density at radius 2 is 1.94 bits per heavy atom. The van der Waals surface area contributed by atoms with E-state index in [1.165, 1.54) is 0 Å². The maximum absolute atomic E-state index is 11.1. The van der Waals surface area contributed by atoms with E-state index >= 15 is 0 Å². The molecule has 1 aliphatic heterocycles. The van der Waals surface area contributed by atoms with Crippen molar-refractivity contribution in [3.05, 3.63) is 72.3 Å². The van der Waals surface area contributed by atoms with E-state index in [2.05, 4.69) is 20.5 Å². The first-order valence-corrected chi connectivity index (χ1v) is 11.9. The molecule has 4 rings (SSSR count). The number of ether oxygens (including phenoxy) is 3. The van der Waals surface area contributed by atoms with Gasteiger partial charge in [0.15, 0.2) is 11.5 Å². The summed E-state index contributed by atoms with van der Waals surface area (Å²) >= 11 is 0. The Kier molecular flexibility index (Phi) is 8.08. The number of methoxy groups -OCH3 is 1. The maximum Gasteiger partial charge on any atom is 0.161 e. The van der Waals surface area contributed by atoms with Crippen LogP contribution in [0.2, 0.25) is 0 Å². The molecule has 2 aromatic carbocycles. The Labute approximate surface area is 201 Å². The highest BCUT2D eigenvalue weighted by molar-refractivity contribution is 5.43. The third-order valence-corrected chi connectivity index (χ3v) is 6.24. The van der Waals surface area contributed by atoms with Crippen LogP contribution in [0.15, 0.2) is 60.9 Å². The van der Waals surface area contributed by atoms with Crippen molar-refractivity contribution in [1.29, 1.82) is 0 Å². The molecule has 0 unspecified atom stereocenters. The van der Waals surface area contributed by atoms with Crippen LogP contribution in [-0.4, -0.2) is 58.6 Å². The predicted octanol–water partition coefficient (Wildman–Crippen LogP) is 4.08. The molecule has 0 spiro atoms. The number of piperidine rings is 1. The summed E-state index contributed by atoms with van der Waals surface area (Å²) in [4.78, 5) is 6.53. The number of hydrogen-bond acceptors (Lipinski definition) is 6. The minimum absolute atomic E-state index is 0.294. The summed E-state index contributed by atoms with van der Waals surface area (Å²) in [6, 6.07) is 15.7. The molecule has 7 nitrogen and oxygen atoms in total. The van der Waals surface area contributed by atoms with E-state index in [0.717, 1.165) is 67.5 Å². The van der Waals surface area contributed by atoms with E-state index in [9.17, 15) is 5.11 Å². The van der Waals surface area contributed by atoms with Crippen molar-refractivity contribution >= 4 is 0 Å². The van der Waals surface area contributed by atoms with Gasteiger partial charge in [0, 0.05) is 32.0 Å². The van der Waals surface area contributed by atoms with E-state index in [-0.39, 0.29) is 0 Å². The molecule has 3 aromatic rings. The van der Waals surface area contributed by atoms with Crippen LogP contribution >= 0.6 is 0 Å². The van der Waals surface area contributed by atoms with Crippen molar-refractivity contribution in [2.24, 2.45) is 0 Å². The van der Waals surface area contributed by atoms with Crippen LogP contribution in [0.1, 0.15) is 30.7 Å². The SMILES string of the molecule is COc1cc(CN2CCC[C@](O)(COc3ccccc3)C2)ccc1OCCCn1ccnc1C. The molecule has 1 aromatic heterocycles. The van der Waals surface area contributed by atoms with Gasteiger partial charge in [-0.15, -0.1) is 0 Å². The monoisotopic (exact) mass is 465 g/mol. The molecule has 0 aliphatic carbocycles. The third-order valence-electron chi connectivity index (χ3n) is 6.24. The lowest BCUT2D eigenvalue weighted by Gasteiger charge is -2.39. The molecule has 0 radical (unpaired) electrons. The summed E-state index contributed by atoms with van der Waals surface area (Å²) in [6.07, 6.45) is 6.37. The zero-order chi connectivity index (χ0) is 23.8. The van der Waals surface area contributed by atoms with Gasteiger partial charge in [0.2, 0.25) is 0 Å². The van der Waals surface area contributed by atoms with Crippen molar-refractivity contribution in [3.8, 4) is 17.2 Å². The van der Waals surface area contributed by atoms with Gasteiger partial charge >= 0.3 is 0 Å². The normalized spacial score (nSPS) is 18.6. The average Bonchev–Trinajstić information content (AvgIpc) is 3.26. The van der Waals surface area contributed by atoms with Crippen LogP contribution < -0.4 is 14.2 Å². The fourth-order valence-corrected chi connectivity index (χ4v) is 4.44. The molecule has 0 saturated carbocycles. The Bertz CT molecular complexity index is 1040. The fraction of sp³-hybridized carbons (Fsp3) is 0.444. The van der Waals surface area contributed by atoms with E-state index in [1.54, 1.807) is 7.11 Å². The average molecular weight is 466 g/mol. The summed E-state index contributed by atoms with van der Waals surface area (Å²) in [5, 5.41) is 11.1. The molecule has 0 amide bonds. The standard InChI is InChI=1S/C27H35N3O4/c1-22-28-13-16-30(22)15-7-17-33-25-11-10-23(18-26(25)32-2)19-29-14-6-12-27(31,20-29)21-34-24-8-4-3-5-9-24/h3-5,8-11,13,16,18,31H,6-7,12,14-15,17,19-21H2,1-2H3/t27-/m1/s1. The molecule has 182 valence electrons. The number of rotatable bonds is 11. The number of aryl methyl sites for hydroxylation is 2. The molecule has 1 saturated heterocycles. The Hall–Kier alpha value is -3.03. The summed E-state index contributed by atoms with van der Waals surface area (Å²) in [7, 11) is 1.67. The van der Waals surface area contributed by atoms with Crippen LogP contribution in [-0.2, 0) is 13.1 Å². The number of para-hydroxylation sites is 1.